The molecule has 5 nitrogen and oxygen atoms in total. The number of ether oxygens (including phenoxy) is 1. The van der Waals surface area contributed by atoms with Crippen LogP contribution in [0.4, 0.5) is 5.69 Å². The Balaban J connectivity index is 1.92. The van der Waals surface area contributed by atoms with E-state index < -0.39 is 0 Å². The summed E-state index contributed by atoms with van der Waals surface area (Å²) in [5, 5.41) is 6.63. The first-order valence-electron chi connectivity index (χ1n) is 8.68. The van der Waals surface area contributed by atoms with Gasteiger partial charge in [0.15, 0.2) is 5.96 Å². The molecular formula is C18H30N4OS. The smallest absolute Gasteiger partial charge is 0.191 e. The van der Waals surface area contributed by atoms with Crippen LogP contribution in [0.5, 0.6) is 0 Å². The van der Waals surface area contributed by atoms with Crippen molar-refractivity contribution in [2.45, 2.75) is 26.4 Å². The van der Waals surface area contributed by atoms with Crippen LogP contribution < -0.4 is 15.5 Å². The number of guanidine groups is 1. The highest BCUT2D eigenvalue weighted by Gasteiger charge is 2.10. The van der Waals surface area contributed by atoms with E-state index in [0.29, 0.717) is 13.2 Å². The topological polar surface area (TPSA) is 48.9 Å². The van der Waals surface area contributed by atoms with E-state index in [1.165, 1.54) is 22.8 Å². The lowest BCUT2D eigenvalue weighted by Crippen LogP contribution is -2.43. The number of thioether (sulfide) groups is 1. The van der Waals surface area contributed by atoms with Crippen LogP contribution in [0.2, 0.25) is 0 Å². The van der Waals surface area contributed by atoms with Crippen molar-refractivity contribution < 1.29 is 4.74 Å². The van der Waals surface area contributed by atoms with Crippen molar-refractivity contribution >= 4 is 23.4 Å². The second kappa shape index (κ2) is 10.5. The lowest BCUT2D eigenvalue weighted by Gasteiger charge is -2.28. The third kappa shape index (κ3) is 6.24. The van der Waals surface area contributed by atoms with E-state index in [1.807, 2.05) is 11.8 Å². The summed E-state index contributed by atoms with van der Waals surface area (Å²) >= 11 is 2.04. The second-order valence-electron chi connectivity index (χ2n) is 5.96. The number of hydrogen-bond acceptors (Lipinski definition) is 4. The molecular weight excluding hydrogens is 320 g/mol. The molecule has 1 unspecified atom stereocenters. The predicted molar refractivity (Wildman–Crippen MR) is 105 cm³/mol. The van der Waals surface area contributed by atoms with Gasteiger partial charge in [0.2, 0.25) is 0 Å². The monoisotopic (exact) mass is 350 g/mol. The molecule has 1 aliphatic rings. The van der Waals surface area contributed by atoms with Gasteiger partial charge in [0.05, 0.1) is 13.2 Å². The third-order valence-corrected chi connectivity index (χ3v) is 4.82. The third-order valence-electron chi connectivity index (χ3n) is 3.88. The van der Waals surface area contributed by atoms with E-state index in [2.05, 4.69) is 58.6 Å². The average molecular weight is 351 g/mol. The molecule has 2 N–H and O–H groups in total. The van der Waals surface area contributed by atoms with Crippen LogP contribution >= 0.6 is 11.8 Å². The molecule has 134 valence electrons. The maximum atomic E-state index is 5.16. The minimum absolute atomic E-state index is 0.229. The van der Waals surface area contributed by atoms with E-state index in [9.17, 15) is 0 Å². The molecule has 2 rings (SSSR count). The zero-order valence-electron chi connectivity index (χ0n) is 15.0. The van der Waals surface area contributed by atoms with Crippen molar-refractivity contribution in [1.82, 2.24) is 10.6 Å². The van der Waals surface area contributed by atoms with Crippen molar-refractivity contribution in [3.63, 3.8) is 0 Å². The maximum Gasteiger partial charge on any atom is 0.191 e. The SMILES string of the molecule is CCNC(=NCc1ccc(N2CCSCC2)cc1)NC(C)COC. The Kier molecular flexibility index (Phi) is 8.25. The zero-order chi connectivity index (χ0) is 17.2. The van der Waals surface area contributed by atoms with Gasteiger partial charge in [-0.25, -0.2) is 4.99 Å². The van der Waals surface area contributed by atoms with Crippen molar-refractivity contribution in [3.8, 4) is 0 Å². The fraction of sp³-hybridized carbons (Fsp3) is 0.611. The molecule has 1 fully saturated rings. The van der Waals surface area contributed by atoms with Crippen molar-refractivity contribution in [3.05, 3.63) is 29.8 Å². The summed E-state index contributed by atoms with van der Waals surface area (Å²) in [5.74, 6) is 3.28. The van der Waals surface area contributed by atoms with Gasteiger partial charge in [-0.05, 0) is 31.5 Å². The van der Waals surface area contributed by atoms with Crippen LogP contribution in [0.3, 0.4) is 0 Å². The average Bonchev–Trinajstić information content (AvgIpc) is 2.61. The molecule has 1 aromatic rings. The fourth-order valence-corrected chi connectivity index (χ4v) is 3.55. The number of hydrogen-bond donors (Lipinski definition) is 2. The molecule has 0 saturated carbocycles. The predicted octanol–water partition coefficient (Wildman–Crippen LogP) is 2.33. The minimum atomic E-state index is 0.229. The van der Waals surface area contributed by atoms with Gasteiger partial charge in [-0.3, -0.25) is 0 Å². The number of nitrogens with zero attached hydrogens (tertiary/aromatic N) is 2. The van der Waals surface area contributed by atoms with E-state index in [0.717, 1.165) is 25.6 Å². The first-order chi connectivity index (χ1) is 11.7. The van der Waals surface area contributed by atoms with Crippen LogP contribution in [-0.4, -0.2) is 56.9 Å². The van der Waals surface area contributed by atoms with Crippen LogP contribution in [0.25, 0.3) is 0 Å². The Hall–Kier alpha value is -1.40. The van der Waals surface area contributed by atoms with Gasteiger partial charge in [-0.15, -0.1) is 0 Å². The Morgan fingerprint density at radius 3 is 2.62 bits per heavy atom. The molecule has 1 aliphatic heterocycles. The fourth-order valence-electron chi connectivity index (χ4n) is 2.65. The highest BCUT2D eigenvalue weighted by atomic mass is 32.2. The van der Waals surface area contributed by atoms with Crippen molar-refractivity contribution in [2.24, 2.45) is 4.99 Å². The van der Waals surface area contributed by atoms with Gasteiger partial charge >= 0.3 is 0 Å². The van der Waals surface area contributed by atoms with E-state index in [-0.39, 0.29) is 6.04 Å². The number of anilines is 1. The van der Waals surface area contributed by atoms with E-state index in [1.54, 1.807) is 7.11 Å². The first kappa shape index (κ1) is 18.9. The minimum Gasteiger partial charge on any atom is -0.383 e. The summed E-state index contributed by atoms with van der Waals surface area (Å²) in [6.07, 6.45) is 0. The summed E-state index contributed by atoms with van der Waals surface area (Å²) < 4.78 is 5.16. The van der Waals surface area contributed by atoms with Gasteiger partial charge in [0.25, 0.3) is 0 Å². The van der Waals surface area contributed by atoms with Gasteiger partial charge in [-0.2, -0.15) is 11.8 Å². The van der Waals surface area contributed by atoms with Gasteiger partial charge in [0, 0.05) is 50.0 Å². The van der Waals surface area contributed by atoms with Gasteiger partial charge in [-0.1, -0.05) is 12.1 Å². The molecule has 1 heterocycles. The highest BCUT2D eigenvalue weighted by Crippen LogP contribution is 2.20. The second-order valence-corrected chi connectivity index (χ2v) is 7.19. The lowest BCUT2D eigenvalue weighted by atomic mass is 10.2. The standard InChI is InChI=1S/C18H30N4OS/c1-4-19-18(21-15(2)14-23-3)20-13-16-5-7-17(8-6-16)22-9-11-24-12-10-22/h5-8,15H,4,9-14H2,1-3H3,(H2,19,20,21). The molecule has 1 aromatic carbocycles. The molecule has 1 atom stereocenters. The van der Waals surface area contributed by atoms with Crippen molar-refractivity contribution in [2.75, 3.05) is 49.8 Å². The Morgan fingerprint density at radius 2 is 2.00 bits per heavy atom. The molecule has 0 radical (unpaired) electrons. The quantitative estimate of drug-likeness (QED) is 0.584. The van der Waals surface area contributed by atoms with Crippen LogP contribution in [-0.2, 0) is 11.3 Å². The van der Waals surface area contributed by atoms with Crippen LogP contribution in [0.1, 0.15) is 19.4 Å². The molecule has 0 aromatic heterocycles. The summed E-state index contributed by atoms with van der Waals surface area (Å²) in [6, 6.07) is 9.03. The number of nitrogens with one attached hydrogen (secondary N) is 2. The highest BCUT2D eigenvalue weighted by molar-refractivity contribution is 7.99. The Bertz CT molecular complexity index is 500. The molecule has 1 saturated heterocycles. The lowest BCUT2D eigenvalue weighted by molar-refractivity contribution is 0.179. The number of benzene rings is 1. The first-order valence-corrected chi connectivity index (χ1v) is 9.83. The zero-order valence-corrected chi connectivity index (χ0v) is 15.9. The summed E-state index contributed by atoms with van der Waals surface area (Å²) in [6.45, 7) is 8.63. The van der Waals surface area contributed by atoms with Gasteiger partial charge < -0.3 is 20.3 Å². The van der Waals surface area contributed by atoms with Gasteiger partial charge in [0.1, 0.15) is 0 Å². The van der Waals surface area contributed by atoms with Crippen LogP contribution in [0, 0.1) is 0 Å². The molecule has 0 amide bonds. The van der Waals surface area contributed by atoms with E-state index in [4.69, 9.17) is 4.74 Å². The largest absolute Gasteiger partial charge is 0.383 e. The molecule has 0 bridgehead atoms. The summed E-state index contributed by atoms with van der Waals surface area (Å²) in [7, 11) is 1.71. The Labute approximate surface area is 150 Å². The molecule has 6 heteroatoms. The maximum absolute atomic E-state index is 5.16. The number of rotatable bonds is 7. The summed E-state index contributed by atoms with van der Waals surface area (Å²) in [5.41, 5.74) is 2.54. The summed E-state index contributed by atoms with van der Waals surface area (Å²) in [4.78, 5) is 7.13. The van der Waals surface area contributed by atoms with Crippen molar-refractivity contribution in [1.29, 1.82) is 0 Å². The van der Waals surface area contributed by atoms with E-state index >= 15 is 0 Å². The molecule has 0 spiro atoms. The normalized spacial score (nSPS) is 16.8. The number of methoxy groups -OCH3 is 1. The number of aliphatic imine (C=N–C) groups is 1. The van der Waals surface area contributed by atoms with Crippen LogP contribution in [0.15, 0.2) is 29.3 Å². The molecule has 24 heavy (non-hydrogen) atoms. The Morgan fingerprint density at radius 1 is 1.29 bits per heavy atom. The molecule has 0 aliphatic carbocycles.